The molecule has 1 fully saturated rings. The van der Waals surface area contributed by atoms with Crippen LogP contribution in [0.2, 0.25) is 0 Å². The number of aryl methyl sites for hydroxylation is 11. The zero-order chi connectivity index (χ0) is 61.5. The summed E-state index contributed by atoms with van der Waals surface area (Å²) in [7, 11) is 0. The van der Waals surface area contributed by atoms with Crippen LogP contribution in [0.25, 0.3) is 55.6 Å². The third-order valence-corrected chi connectivity index (χ3v) is 17.5. The van der Waals surface area contributed by atoms with Crippen molar-refractivity contribution in [1.29, 1.82) is 0 Å². The molecule has 0 amide bonds. The van der Waals surface area contributed by atoms with E-state index in [1.807, 2.05) is 67.6 Å². The summed E-state index contributed by atoms with van der Waals surface area (Å²) in [6, 6.07) is 80.2. The molecule has 0 bridgehead atoms. The molecule has 11 aromatic rings. The van der Waals surface area contributed by atoms with Gasteiger partial charge in [-0.15, -0.1) is 0 Å². The average Bonchev–Trinajstić information content (AvgIpc) is 3.01. The van der Waals surface area contributed by atoms with Crippen LogP contribution in [0.15, 0.2) is 243 Å². The number of rotatable bonds is 15. The lowest BCUT2D eigenvalue weighted by Gasteiger charge is -2.26. The minimum Gasteiger partial charge on any atom is -0.206 e. The molecule has 1 aliphatic rings. The first kappa shape index (κ1) is 62.2. The van der Waals surface area contributed by atoms with Crippen LogP contribution in [-0.4, -0.2) is 0 Å². The van der Waals surface area contributed by atoms with Gasteiger partial charge in [-0.1, -0.05) is 260 Å². The van der Waals surface area contributed by atoms with Gasteiger partial charge in [-0.25, -0.2) is 17.6 Å². The number of benzene rings is 11. The van der Waals surface area contributed by atoms with Crippen LogP contribution in [0.5, 0.6) is 0 Å². The summed E-state index contributed by atoms with van der Waals surface area (Å²) in [4.78, 5) is 0. The Bertz CT molecular complexity index is 4020. The molecule has 0 atom stereocenters. The van der Waals surface area contributed by atoms with Crippen molar-refractivity contribution in [2.24, 2.45) is 5.92 Å². The second-order valence-corrected chi connectivity index (χ2v) is 24.5. The summed E-state index contributed by atoms with van der Waals surface area (Å²) in [6.07, 6.45) is 10.9. The van der Waals surface area contributed by atoms with Gasteiger partial charge < -0.3 is 0 Å². The van der Waals surface area contributed by atoms with Gasteiger partial charge in [0.15, 0.2) is 0 Å². The highest BCUT2D eigenvalue weighted by Gasteiger charge is 2.21. The fraction of sp³-hybridized carbons (Fsp3) is 0.214. The normalized spacial score (nSPS) is 13.7. The number of hydrogen-bond donors (Lipinski definition) is 0. The Balaban J connectivity index is 0.000000146. The van der Waals surface area contributed by atoms with Crippen LogP contribution in [0, 0.1) is 63.8 Å². The molecule has 1 saturated carbocycles. The molecule has 0 heterocycles. The maximum absolute atomic E-state index is 14.9. The molecule has 0 N–H and O–H groups in total. The molecule has 0 saturated heterocycles. The largest absolute Gasteiger partial charge is 0.206 e. The molecule has 12 rings (SSSR count). The minimum absolute atomic E-state index is 0.0893. The highest BCUT2D eigenvalue weighted by atomic mass is 19.1. The van der Waals surface area contributed by atoms with Crippen LogP contribution in [0.3, 0.4) is 0 Å². The standard InChI is InChI=1S/C28H24F2.C28H31F.C28H25F/c1-19-3-6-21(7-4-19)8-9-22-10-12-23(13-11-22)25-16-14-24(18-28(25)30)26-15-5-20(2)17-27(26)29;2*1-20-3-7-22(8-4-20)9-10-23-11-15-25(16-12-23)27-18-17-26(19-28(27)29)24-13-5-21(2)6-14-24/h3-7,10-18H,8-9H2,1-2H3;3-4,7-8,11-12,15-19,21,24H,5-6,9-10,13-14H2,1-2H3;3-8,11-19H,9-10H2,1-2H3. The van der Waals surface area contributed by atoms with Gasteiger partial charge in [0, 0.05) is 22.3 Å². The lowest BCUT2D eigenvalue weighted by Crippen LogP contribution is -2.11. The highest BCUT2D eigenvalue weighted by molar-refractivity contribution is 5.73. The van der Waals surface area contributed by atoms with Gasteiger partial charge in [0.05, 0.1) is 0 Å². The van der Waals surface area contributed by atoms with Crippen molar-refractivity contribution < 1.29 is 17.6 Å². The smallest absolute Gasteiger partial charge is 0.131 e. The van der Waals surface area contributed by atoms with E-state index in [1.165, 1.54) is 99.0 Å². The van der Waals surface area contributed by atoms with Crippen molar-refractivity contribution in [3.8, 4) is 55.6 Å². The first-order valence-electron chi connectivity index (χ1n) is 31.3. The van der Waals surface area contributed by atoms with Crippen molar-refractivity contribution in [2.75, 3.05) is 0 Å². The molecule has 0 unspecified atom stereocenters. The highest BCUT2D eigenvalue weighted by Crippen LogP contribution is 2.38. The molecule has 0 nitrogen and oxygen atoms in total. The fourth-order valence-electron chi connectivity index (χ4n) is 11.7. The van der Waals surface area contributed by atoms with E-state index in [0.717, 1.165) is 77.8 Å². The van der Waals surface area contributed by atoms with Crippen LogP contribution >= 0.6 is 0 Å². The van der Waals surface area contributed by atoms with Crippen molar-refractivity contribution in [3.05, 3.63) is 333 Å². The third-order valence-electron chi connectivity index (χ3n) is 17.5. The lowest BCUT2D eigenvalue weighted by molar-refractivity contribution is 0.347. The van der Waals surface area contributed by atoms with Gasteiger partial charge in [-0.2, -0.15) is 0 Å². The van der Waals surface area contributed by atoms with Crippen molar-refractivity contribution in [3.63, 3.8) is 0 Å². The van der Waals surface area contributed by atoms with E-state index in [-0.39, 0.29) is 23.3 Å². The zero-order valence-electron chi connectivity index (χ0n) is 51.8. The van der Waals surface area contributed by atoms with E-state index in [2.05, 4.69) is 174 Å². The summed E-state index contributed by atoms with van der Waals surface area (Å²) < 4.78 is 58.7. The molecule has 88 heavy (non-hydrogen) atoms. The van der Waals surface area contributed by atoms with Gasteiger partial charge in [-0.3, -0.25) is 0 Å². The Kier molecular flexibility index (Phi) is 21.0. The first-order chi connectivity index (χ1) is 42.7. The maximum atomic E-state index is 14.9. The van der Waals surface area contributed by atoms with Gasteiger partial charge in [0.1, 0.15) is 23.3 Å². The molecule has 0 radical (unpaired) electrons. The summed E-state index contributed by atoms with van der Waals surface area (Å²) >= 11 is 0. The Morgan fingerprint density at radius 3 is 0.875 bits per heavy atom. The number of halogens is 4. The topological polar surface area (TPSA) is 0 Å². The summed E-state index contributed by atoms with van der Waals surface area (Å²) in [6.45, 7) is 12.5. The van der Waals surface area contributed by atoms with Crippen molar-refractivity contribution >= 4 is 0 Å². The molecular formula is C84H80F4. The predicted octanol–water partition coefficient (Wildman–Crippen LogP) is 23.1. The van der Waals surface area contributed by atoms with E-state index in [9.17, 15) is 17.6 Å². The Morgan fingerprint density at radius 1 is 0.250 bits per heavy atom. The minimum atomic E-state index is -0.347. The summed E-state index contributed by atoms with van der Waals surface area (Å²) in [5.41, 5.74) is 22.3. The Labute approximate surface area is 520 Å². The molecule has 1 aliphatic carbocycles. The molecular weight excluding hydrogens is 1080 g/mol. The van der Waals surface area contributed by atoms with E-state index in [0.29, 0.717) is 33.7 Å². The molecule has 0 aromatic heterocycles. The average molecular weight is 1170 g/mol. The van der Waals surface area contributed by atoms with Gasteiger partial charge in [-0.05, 0) is 200 Å². The molecule has 4 heteroatoms. The van der Waals surface area contributed by atoms with Gasteiger partial charge >= 0.3 is 0 Å². The fourth-order valence-corrected chi connectivity index (χ4v) is 11.7. The lowest BCUT2D eigenvalue weighted by atomic mass is 9.79. The molecule has 0 aliphatic heterocycles. The first-order valence-corrected chi connectivity index (χ1v) is 31.3. The van der Waals surface area contributed by atoms with Gasteiger partial charge in [0.2, 0.25) is 0 Å². The Morgan fingerprint density at radius 2 is 0.511 bits per heavy atom. The third kappa shape index (κ3) is 17.0. The molecule has 11 aromatic carbocycles. The maximum Gasteiger partial charge on any atom is 0.131 e. The molecule has 444 valence electrons. The monoisotopic (exact) mass is 1160 g/mol. The SMILES string of the molecule is Cc1ccc(CCc2ccc(-c3ccc(-c4ccc(C)cc4)cc3F)cc2)cc1.Cc1ccc(CCc2ccc(-c3ccc(-c4ccc(C)cc4F)cc3F)cc2)cc1.Cc1ccc(CCc2ccc(-c3ccc(C4CCC(C)CC4)cc3F)cc2)cc1. The van der Waals surface area contributed by atoms with Crippen LogP contribution < -0.4 is 0 Å². The van der Waals surface area contributed by atoms with Crippen LogP contribution in [0.1, 0.15) is 105 Å². The van der Waals surface area contributed by atoms with Gasteiger partial charge in [0.25, 0.3) is 0 Å². The summed E-state index contributed by atoms with van der Waals surface area (Å²) in [5.74, 6) is 0.391. The van der Waals surface area contributed by atoms with E-state index < -0.39 is 0 Å². The zero-order valence-corrected chi connectivity index (χ0v) is 51.8. The second-order valence-electron chi connectivity index (χ2n) is 24.5. The predicted molar refractivity (Wildman–Crippen MR) is 362 cm³/mol. The van der Waals surface area contributed by atoms with E-state index >= 15 is 0 Å². The van der Waals surface area contributed by atoms with E-state index in [4.69, 9.17) is 0 Å². The summed E-state index contributed by atoms with van der Waals surface area (Å²) in [5, 5.41) is 0. The van der Waals surface area contributed by atoms with E-state index in [1.54, 1.807) is 30.3 Å². The molecule has 0 spiro atoms. The quantitative estimate of drug-likeness (QED) is 0.0898. The van der Waals surface area contributed by atoms with Crippen LogP contribution in [0.4, 0.5) is 17.6 Å². The van der Waals surface area contributed by atoms with Crippen molar-refractivity contribution in [2.45, 2.75) is 112 Å². The Hall–Kier alpha value is -8.86. The van der Waals surface area contributed by atoms with Crippen LogP contribution in [-0.2, 0) is 38.5 Å². The second kappa shape index (κ2) is 29.7. The van der Waals surface area contributed by atoms with Crippen molar-refractivity contribution in [1.82, 2.24) is 0 Å². The number of hydrogen-bond acceptors (Lipinski definition) is 0.